The van der Waals surface area contributed by atoms with Gasteiger partial charge in [-0.15, -0.1) is 0 Å². The molecule has 1 aromatic rings. The van der Waals surface area contributed by atoms with Crippen molar-refractivity contribution in [3.05, 3.63) is 29.3 Å². The largest absolute Gasteiger partial charge is 0.496 e. The van der Waals surface area contributed by atoms with E-state index in [1.165, 1.54) is 19.1 Å². The van der Waals surface area contributed by atoms with Crippen molar-refractivity contribution in [3.8, 4) is 5.75 Å². The Hall–Kier alpha value is -1.27. The topological polar surface area (TPSA) is 24.5 Å². The zero-order valence-corrected chi connectivity index (χ0v) is 12.2. The fourth-order valence-corrected chi connectivity index (χ4v) is 2.01. The summed E-state index contributed by atoms with van der Waals surface area (Å²) in [4.78, 5) is 1.23. The lowest BCUT2D eigenvalue weighted by Crippen LogP contribution is -2.30. The van der Waals surface area contributed by atoms with Crippen LogP contribution in [0.5, 0.6) is 5.75 Å². The van der Waals surface area contributed by atoms with Gasteiger partial charge in [0.1, 0.15) is 5.75 Å². The summed E-state index contributed by atoms with van der Waals surface area (Å²) in [5.41, 5.74) is 1.77. The van der Waals surface area contributed by atoms with Crippen LogP contribution in [0.4, 0.5) is 13.2 Å². The van der Waals surface area contributed by atoms with Crippen LogP contribution in [0.25, 0.3) is 0 Å². The molecule has 6 heteroatoms. The predicted octanol–water partition coefficient (Wildman–Crippen LogP) is 2.97. The number of hydrogen-bond donors (Lipinski definition) is 1. The number of nitrogens with one attached hydrogen (secondary N) is 1. The van der Waals surface area contributed by atoms with E-state index in [-0.39, 0.29) is 12.6 Å². The highest BCUT2D eigenvalue weighted by molar-refractivity contribution is 5.38. The molecule has 1 aromatic carbocycles. The van der Waals surface area contributed by atoms with Crippen LogP contribution < -0.4 is 10.1 Å². The molecule has 114 valence electrons. The first kappa shape index (κ1) is 16.8. The normalized spacial score (nSPS) is 13.6. The summed E-state index contributed by atoms with van der Waals surface area (Å²) >= 11 is 0. The molecule has 1 unspecified atom stereocenters. The Kier molecular flexibility index (Phi) is 5.83. The molecule has 0 aliphatic heterocycles. The van der Waals surface area contributed by atoms with Crippen LogP contribution in [0, 0.1) is 0 Å². The van der Waals surface area contributed by atoms with Gasteiger partial charge >= 0.3 is 6.18 Å². The van der Waals surface area contributed by atoms with Crippen LogP contribution in [-0.2, 0) is 6.54 Å². The molecule has 0 aliphatic carbocycles. The first-order chi connectivity index (χ1) is 9.26. The monoisotopic (exact) mass is 290 g/mol. The molecule has 0 radical (unpaired) electrons. The van der Waals surface area contributed by atoms with Crippen molar-refractivity contribution in [2.45, 2.75) is 25.7 Å². The van der Waals surface area contributed by atoms with E-state index in [1.54, 1.807) is 6.07 Å². The van der Waals surface area contributed by atoms with Gasteiger partial charge in [0.15, 0.2) is 0 Å². The van der Waals surface area contributed by atoms with Gasteiger partial charge in [0, 0.05) is 18.2 Å². The van der Waals surface area contributed by atoms with E-state index in [0.717, 1.165) is 11.1 Å². The summed E-state index contributed by atoms with van der Waals surface area (Å²) in [7, 11) is 4.80. The number of benzene rings is 1. The first-order valence-electron chi connectivity index (χ1n) is 6.36. The van der Waals surface area contributed by atoms with Gasteiger partial charge in [-0.3, -0.25) is 4.90 Å². The lowest BCUT2D eigenvalue weighted by atomic mass is 10.0. The van der Waals surface area contributed by atoms with E-state index in [0.29, 0.717) is 5.75 Å². The van der Waals surface area contributed by atoms with Gasteiger partial charge in [-0.1, -0.05) is 6.07 Å². The average molecular weight is 290 g/mol. The van der Waals surface area contributed by atoms with Gasteiger partial charge in [-0.2, -0.15) is 13.2 Å². The standard InChI is InChI=1S/C14H21F3N2O/c1-10(18-2)11-5-6-13(20-4)12(7-11)8-19(3)9-14(15,16)17/h5-7,10,18H,8-9H2,1-4H3. The Morgan fingerprint density at radius 2 is 2.00 bits per heavy atom. The summed E-state index contributed by atoms with van der Waals surface area (Å²) in [6.07, 6.45) is -4.20. The Bertz CT molecular complexity index is 435. The van der Waals surface area contributed by atoms with E-state index >= 15 is 0 Å². The van der Waals surface area contributed by atoms with Crippen molar-refractivity contribution in [3.63, 3.8) is 0 Å². The third-order valence-corrected chi connectivity index (χ3v) is 3.13. The highest BCUT2D eigenvalue weighted by atomic mass is 19.4. The highest BCUT2D eigenvalue weighted by Crippen LogP contribution is 2.25. The molecule has 1 atom stereocenters. The molecule has 0 aliphatic rings. The Balaban J connectivity index is 2.91. The molecule has 0 saturated heterocycles. The smallest absolute Gasteiger partial charge is 0.401 e. The number of halogens is 3. The zero-order chi connectivity index (χ0) is 15.3. The number of hydrogen-bond acceptors (Lipinski definition) is 3. The van der Waals surface area contributed by atoms with Crippen molar-refractivity contribution in [1.82, 2.24) is 10.2 Å². The lowest BCUT2D eigenvalue weighted by molar-refractivity contribution is -0.144. The second-order valence-electron chi connectivity index (χ2n) is 4.87. The summed E-state index contributed by atoms with van der Waals surface area (Å²) in [5, 5.41) is 3.10. The van der Waals surface area contributed by atoms with Crippen LogP contribution in [0.3, 0.4) is 0 Å². The van der Waals surface area contributed by atoms with Gasteiger partial charge in [0.05, 0.1) is 13.7 Å². The van der Waals surface area contributed by atoms with E-state index in [2.05, 4.69) is 5.32 Å². The highest BCUT2D eigenvalue weighted by Gasteiger charge is 2.29. The second kappa shape index (κ2) is 6.95. The quantitative estimate of drug-likeness (QED) is 0.871. The molecule has 0 heterocycles. The molecule has 0 aromatic heterocycles. The fourth-order valence-electron chi connectivity index (χ4n) is 2.01. The van der Waals surface area contributed by atoms with Crippen molar-refractivity contribution in [2.75, 3.05) is 27.7 Å². The van der Waals surface area contributed by atoms with E-state index in [4.69, 9.17) is 4.74 Å². The second-order valence-corrected chi connectivity index (χ2v) is 4.87. The Morgan fingerprint density at radius 1 is 1.35 bits per heavy atom. The number of ether oxygens (including phenoxy) is 1. The summed E-state index contributed by atoms with van der Waals surface area (Å²) in [5.74, 6) is 0.603. The minimum absolute atomic E-state index is 0.132. The molecule has 0 amide bonds. The number of rotatable bonds is 6. The van der Waals surface area contributed by atoms with Gasteiger partial charge in [0.25, 0.3) is 0 Å². The molecule has 0 spiro atoms. The predicted molar refractivity (Wildman–Crippen MR) is 72.9 cm³/mol. The number of alkyl halides is 3. The van der Waals surface area contributed by atoms with Crippen molar-refractivity contribution in [1.29, 1.82) is 0 Å². The third-order valence-electron chi connectivity index (χ3n) is 3.13. The lowest BCUT2D eigenvalue weighted by Gasteiger charge is -2.21. The molecule has 20 heavy (non-hydrogen) atoms. The molecule has 1 N–H and O–H groups in total. The maximum Gasteiger partial charge on any atom is 0.401 e. The summed E-state index contributed by atoms with van der Waals surface area (Å²) in [6, 6.07) is 5.72. The minimum atomic E-state index is -4.20. The van der Waals surface area contributed by atoms with Crippen LogP contribution in [0.1, 0.15) is 24.1 Å². The third kappa shape index (κ3) is 5.02. The molecule has 3 nitrogen and oxygen atoms in total. The molecular formula is C14H21F3N2O. The summed E-state index contributed by atoms with van der Waals surface area (Å²) in [6.45, 7) is 1.24. The van der Waals surface area contributed by atoms with Gasteiger partial charge in [-0.25, -0.2) is 0 Å². The van der Waals surface area contributed by atoms with E-state index < -0.39 is 12.7 Å². The number of nitrogens with zero attached hydrogens (tertiary/aromatic N) is 1. The maximum absolute atomic E-state index is 12.4. The average Bonchev–Trinajstić information content (AvgIpc) is 2.35. The minimum Gasteiger partial charge on any atom is -0.496 e. The molecular weight excluding hydrogens is 269 g/mol. The van der Waals surface area contributed by atoms with Crippen molar-refractivity contribution in [2.24, 2.45) is 0 Å². The molecule has 1 rings (SSSR count). The molecule has 0 saturated carbocycles. The zero-order valence-electron chi connectivity index (χ0n) is 12.2. The first-order valence-corrected chi connectivity index (χ1v) is 6.36. The van der Waals surface area contributed by atoms with Crippen LogP contribution >= 0.6 is 0 Å². The van der Waals surface area contributed by atoms with Crippen molar-refractivity contribution < 1.29 is 17.9 Å². The van der Waals surface area contributed by atoms with E-state index in [1.807, 2.05) is 26.1 Å². The number of methoxy groups -OCH3 is 1. The fraction of sp³-hybridized carbons (Fsp3) is 0.571. The molecule has 0 fully saturated rings. The SMILES string of the molecule is CNC(C)c1ccc(OC)c(CN(C)CC(F)(F)F)c1. The van der Waals surface area contributed by atoms with Gasteiger partial charge in [0.2, 0.25) is 0 Å². The Morgan fingerprint density at radius 3 is 2.50 bits per heavy atom. The van der Waals surface area contributed by atoms with Gasteiger partial charge in [-0.05, 0) is 38.7 Å². The molecule has 0 bridgehead atoms. The van der Waals surface area contributed by atoms with Crippen LogP contribution in [0.15, 0.2) is 18.2 Å². The summed E-state index contributed by atoms with van der Waals surface area (Å²) < 4.78 is 42.3. The maximum atomic E-state index is 12.4. The van der Waals surface area contributed by atoms with E-state index in [9.17, 15) is 13.2 Å². The Labute approximate surface area is 117 Å². The van der Waals surface area contributed by atoms with Crippen LogP contribution in [-0.4, -0.2) is 38.8 Å². The van der Waals surface area contributed by atoms with Gasteiger partial charge < -0.3 is 10.1 Å². The van der Waals surface area contributed by atoms with Crippen LogP contribution in [0.2, 0.25) is 0 Å². The van der Waals surface area contributed by atoms with Crippen molar-refractivity contribution >= 4 is 0 Å².